The van der Waals surface area contributed by atoms with Gasteiger partial charge in [-0.1, -0.05) is 30.3 Å². The minimum Gasteiger partial charge on any atom is -0.366 e. The van der Waals surface area contributed by atoms with Gasteiger partial charge in [0.1, 0.15) is 6.61 Å². The van der Waals surface area contributed by atoms with Crippen molar-refractivity contribution in [2.45, 2.75) is 24.6 Å². The molecule has 1 aromatic heterocycles. The molecule has 2 aliphatic heterocycles. The fourth-order valence-electron chi connectivity index (χ4n) is 3.78. The first-order valence-electron chi connectivity index (χ1n) is 8.37. The van der Waals surface area contributed by atoms with Crippen LogP contribution in [0.3, 0.4) is 0 Å². The van der Waals surface area contributed by atoms with E-state index in [1.54, 1.807) is 0 Å². The van der Waals surface area contributed by atoms with Crippen LogP contribution in [0.15, 0.2) is 54.9 Å². The molecule has 1 amide bonds. The normalized spacial score (nSPS) is 27.3. The summed E-state index contributed by atoms with van der Waals surface area (Å²) in [6.07, 6.45) is 3.68. The number of likely N-dealkylation sites (tertiary alicyclic amines) is 1. The highest BCUT2D eigenvalue weighted by Gasteiger charge is 2.44. The molecule has 5 nitrogen and oxygen atoms in total. The Morgan fingerprint density at radius 1 is 1.17 bits per heavy atom. The number of carbonyl (C=O) groups excluding carboxylic acids is 1. The van der Waals surface area contributed by atoms with Gasteiger partial charge in [-0.2, -0.15) is 0 Å². The first-order valence-corrected chi connectivity index (χ1v) is 8.37. The van der Waals surface area contributed by atoms with E-state index >= 15 is 0 Å². The zero-order valence-electron chi connectivity index (χ0n) is 13.5. The van der Waals surface area contributed by atoms with Crippen molar-refractivity contribution in [2.75, 3.05) is 19.7 Å². The molecule has 2 aliphatic rings. The number of hydrogen-bond donors (Lipinski definition) is 1. The number of aromatic nitrogens is 1. The minimum absolute atomic E-state index is 0.0277. The number of rotatable bonds is 3. The monoisotopic (exact) mass is 323 g/mol. The molecule has 4 rings (SSSR count). The molecule has 2 fully saturated rings. The lowest BCUT2D eigenvalue weighted by atomic mass is 9.93. The van der Waals surface area contributed by atoms with Gasteiger partial charge in [0, 0.05) is 37.9 Å². The van der Waals surface area contributed by atoms with Crippen LogP contribution in [-0.4, -0.2) is 47.6 Å². The molecule has 1 aromatic carbocycles. The molecule has 3 heterocycles. The van der Waals surface area contributed by atoms with Crippen molar-refractivity contribution < 1.29 is 9.53 Å². The summed E-state index contributed by atoms with van der Waals surface area (Å²) in [7, 11) is 0. The molecule has 24 heavy (non-hydrogen) atoms. The second-order valence-electron chi connectivity index (χ2n) is 6.45. The van der Waals surface area contributed by atoms with E-state index < -0.39 is 0 Å². The molecule has 2 saturated heterocycles. The third-order valence-corrected chi connectivity index (χ3v) is 4.95. The molecule has 1 N–H and O–H groups in total. The maximum atomic E-state index is 11.8. The van der Waals surface area contributed by atoms with Crippen molar-refractivity contribution in [3.8, 4) is 0 Å². The number of nitrogens with one attached hydrogen (secondary N) is 1. The molecule has 2 aromatic rings. The van der Waals surface area contributed by atoms with Crippen molar-refractivity contribution in [3.63, 3.8) is 0 Å². The van der Waals surface area contributed by atoms with E-state index in [1.165, 1.54) is 11.1 Å². The van der Waals surface area contributed by atoms with Gasteiger partial charge < -0.3 is 10.1 Å². The predicted molar refractivity (Wildman–Crippen MR) is 90.4 cm³/mol. The summed E-state index contributed by atoms with van der Waals surface area (Å²) in [4.78, 5) is 18.3. The van der Waals surface area contributed by atoms with Gasteiger partial charge in [-0.25, -0.2) is 0 Å². The number of benzene rings is 1. The highest BCUT2D eigenvalue weighted by molar-refractivity contribution is 5.77. The Bertz CT molecular complexity index is 692. The van der Waals surface area contributed by atoms with Crippen LogP contribution < -0.4 is 5.32 Å². The second kappa shape index (κ2) is 6.71. The average molecular weight is 323 g/mol. The molecular weight excluding hydrogens is 302 g/mol. The molecule has 0 bridgehead atoms. The Hall–Kier alpha value is -2.24. The van der Waals surface area contributed by atoms with Gasteiger partial charge in [0.25, 0.3) is 0 Å². The summed E-state index contributed by atoms with van der Waals surface area (Å²) in [5.74, 6) is 0.255. The second-order valence-corrected chi connectivity index (χ2v) is 6.45. The Kier molecular flexibility index (Phi) is 4.28. The van der Waals surface area contributed by atoms with E-state index in [2.05, 4.69) is 39.5 Å². The van der Waals surface area contributed by atoms with Gasteiger partial charge in [0.15, 0.2) is 0 Å². The van der Waals surface area contributed by atoms with Crippen molar-refractivity contribution >= 4 is 5.91 Å². The summed E-state index contributed by atoms with van der Waals surface area (Å²) in [5, 5.41) is 2.99. The van der Waals surface area contributed by atoms with Crippen LogP contribution >= 0.6 is 0 Å². The Balaban J connectivity index is 1.61. The number of carbonyl (C=O) groups is 1. The van der Waals surface area contributed by atoms with Crippen LogP contribution in [0, 0.1) is 0 Å². The van der Waals surface area contributed by atoms with Gasteiger partial charge in [-0.05, 0) is 23.3 Å². The smallest absolute Gasteiger partial charge is 0.246 e. The summed E-state index contributed by atoms with van der Waals surface area (Å²) < 4.78 is 6.01. The zero-order valence-corrected chi connectivity index (χ0v) is 13.5. The van der Waals surface area contributed by atoms with Gasteiger partial charge >= 0.3 is 0 Å². The number of nitrogens with zero attached hydrogens (tertiary/aromatic N) is 2. The summed E-state index contributed by atoms with van der Waals surface area (Å²) in [6.45, 7) is 2.55. The van der Waals surface area contributed by atoms with Gasteiger partial charge in [0.2, 0.25) is 5.91 Å². The first kappa shape index (κ1) is 15.3. The van der Waals surface area contributed by atoms with Gasteiger partial charge in [-0.15, -0.1) is 0 Å². The standard InChI is InChI=1S/C19H21N3O2/c23-18-13-24-19-16(15-4-2-1-3-5-15)12-22(17(19)10-21-18)11-14-6-8-20-9-7-14/h1-9,16-17,19H,10-13H2,(H,21,23)/t16-,17-,19-/m1/s1. The lowest BCUT2D eigenvalue weighted by molar-refractivity contribution is -0.125. The SMILES string of the molecule is O=C1CO[C@@H]2[C@@H](c3ccccc3)CN(Cc3ccncc3)[C@@H]2CN1. The summed E-state index contributed by atoms with van der Waals surface area (Å²) in [6, 6.07) is 14.7. The fourth-order valence-corrected chi connectivity index (χ4v) is 3.78. The summed E-state index contributed by atoms with van der Waals surface area (Å²) in [5.41, 5.74) is 2.51. The van der Waals surface area contributed by atoms with Crippen LogP contribution in [0.25, 0.3) is 0 Å². The molecule has 0 saturated carbocycles. The van der Waals surface area contributed by atoms with Crippen LogP contribution in [-0.2, 0) is 16.1 Å². The molecule has 124 valence electrons. The van der Waals surface area contributed by atoms with Crippen molar-refractivity contribution in [1.82, 2.24) is 15.2 Å². The number of amides is 1. The lowest BCUT2D eigenvalue weighted by Crippen LogP contribution is -2.42. The van der Waals surface area contributed by atoms with E-state index in [0.717, 1.165) is 13.1 Å². The van der Waals surface area contributed by atoms with Crippen molar-refractivity contribution in [3.05, 3.63) is 66.0 Å². The van der Waals surface area contributed by atoms with Gasteiger partial charge in [0.05, 0.1) is 12.1 Å². The lowest BCUT2D eigenvalue weighted by Gasteiger charge is -2.26. The van der Waals surface area contributed by atoms with Crippen LogP contribution in [0.1, 0.15) is 17.0 Å². The Labute approximate surface area is 141 Å². The molecule has 0 radical (unpaired) electrons. The van der Waals surface area contributed by atoms with E-state index in [4.69, 9.17) is 4.74 Å². The molecule has 5 heteroatoms. The van der Waals surface area contributed by atoms with E-state index in [0.29, 0.717) is 6.54 Å². The third-order valence-electron chi connectivity index (χ3n) is 4.95. The number of ether oxygens (including phenoxy) is 1. The third kappa shape index (κ3) is 3.05. The molecule has 0 unspecified atom stereocenters. The highest BCUT2D eigenvalue weighted by Crippen LogP contribution is 2.35. The Morgan fingerprint density at radius 3 is 2.75 bits per heavy atom. The number of hydrogen-bond acceptors (Lipinski definition) is 4. The maximum Gasteiger partial charge on any atom is 0.246 e. The van der Waals surface area contributed by atoms with E-state index in [-0.39, 0.29) is 30.6 Å². The van der Waals surface area contributed by atoms with Crippen molar-refractivity contribution in [2.24, 2.45) is 0 Å². The van der Waals surface area contributed by atoms with E-state index in [1.807, 2.05) is 30.6 Å². The van der Waals surface area contributed by atoms with Crippen LogP contribution in [0.2, 0.25) is 0 Å². The van der Waals surface area contributed by atoms with Gasteiger partial charge in [-0.3, -0.25) is 14.7 Å². The maximum absolute atomic E-state index is 11.8. The topological polar surface area (TPSA) is 54.5 Å². The average Bonchev–Trinajstić information content (AvgIpc) is 2.85. The molecule has 0 spiro atoms. The number of fused-ring (bicyclic) bond motifs is 1. The van der Waals surface area contributed by atoms with Crippen LogP contribution in [0.5, 0.6) is 0 Å². The van der Waals surface area contributed by atoms with E-state index in [9.17, 15) is 4.79 Å². The van der Waals surface area contributed by atoms with Crippen LogP contribution in [0.4, 0.5) is 0 Å². The summed E-state index contributed by atoms with van der Waals surface area (Å²) >= 11 is 0. The minimum atomic E-state index is -0.0277. The fraction of sp³-hybridized carbons (Fsp3) is 0.368. The predicted octanol–water partition coefficient (Wildman–Crippen LogP) is 1.56. The van der Waals surface area contributed by atoms with Crippen molar-refractivity contribution in [1.29, 1.82) is 0 Å². The first-order chi connectivity index (χ1) is 11.8. The molecule has 0 aliphatic carbocycles. The molecular formula is C19H21N3O2. The highest BCUT2D eigenvalue weighted by atomic mass is 16.5. The number of pyridine rings is 1. The zero-order chi connectivity index (χ0) is 16.4. The largest absolute Gasteiger partial charge is 0.366 e. The quantitative estimate of drug-likeness (QED) is 0.931. The molecule has 3 atom stereocenters. The Morgan fingerprint density at radius 2 is 1.96 bits per heavy atom.